The summed E-state index contributed by atoms with van der Waals surface area (Å²) in [6.45, 7) is 14.8. The Morgan fingerprint density at radius 3 is 2.33 bits per heavy atom. The summed E-state index contributed by atoms with van der Waals surface area (Å²) in [5, 5.41) is 13.0. The van der Waals surface area contributed by atoms with Crippen LogP contribution in [0.1, 0.15) is 23.6 Å². The Morgan fingerprint density at radius 1 is 0.900 bits per heavy atom. The molecule has 3 aliphatic rings. The van der Waals surface area contributed by atoms with Gasteiger partial charge in [0.1, 0.15) is 17.7 Å². The van der Waals surface area contributed by atoms with Crippen molar-refractivity contribution in [1.29, 1.82) is 5.26 Å². The van der Waals surface area contributed by atoms with Gasteiger partial charge in [-0.3, -0.25) is 4.79 Å². The van der Waals surface area contributed by atoms with Gasteiger partial charge >= 0.3 is 0 Å². The molecule has 0 spiro atoms. The molecule has 3 aromatic rings. The van der Waals surface area contributed by atoms with E-state index in [1.807, 2.05) is 4.90 Å². The molecule has 3 aliphatic heterocycles. The number of pyridine rings is 1. The van der Waals surface area contributed by atoms with Gasteiger partial charge < -0.3 is 24.5 Å². The lowest BCUT2D eigenvalue weighted by Crippen LogP contribution is -2.50. The first-order valence-electron chi connectivity index (χ1n) is 14.4. The van der Waals surface area contributed by atoms with Crippen molar-refractivity contribution in [3.63, 3.8) is 0 Å². The monoisotopic (exact) mass is 535 g/mol. The fourth-order valence-electron chi connectivity index (χ4n) is 6.44. The molecule has 8 nitrogen and oxygen atoms in total. The predicted molar refractivity (Wildman–Crippen MR) is 161 cm³/mol. The standard InChI is InChI=1S/C32H37N7O/c1-3-30(40)36-18-20-38(21-19-36)31-26-12-13-39(29-11-7-9-24-8-5-6-10-25(24)29)23-28(26)27(22-33)32(34-31)37-16-14-35(4-2)15-17-37/h3,5-11H,1,4,12-21,23H2,2H3. The molecule has 6 rings (SSSR count). The summed E-state index contributed by atoms with van der Waals surface area (Å²) in [6.07, 6.45) is 2.22. The summed E-state index contributed by atoms with van der Waals surface area (Å²) in [4.78, 5) is 28.8. The highest BCUT2D eigenvalue weighted by Crippen LogP contribution is 2.38. The average Bonchev–Trinajstić information content (AvgIpc) is 3.03. The fraction of sp³-hybridized carbons (Fsp3) is 0.406. The fourth-order valence-corrected chi connectivity index (χ4v) is 6.44. The molecule has 0 saturated carbocycles. The Labute approximate surface area is 236 Å². The average molecular weight is 536 g/mol. The molecule has 8 heteroatoms. The van der Waals surface area contributed by atoms with Crippen LogP contribution in [0, 0.1) is 11.3 Å². The Morgan fingerprint density at radius 2 is 1.60 bits per heavy atom. The number of carbonyl (C=O) groups excluding carboxylic acids is 1. The van der Waals surface area contributed by atoms with E-state index < -0.39 is 0 Å². The zero-order valence-electron chi connectivity index (χ0n) is 23.3. The predicted octanol–water partition coefficient (Wildman–Crippen LogP) is 3.65. The molecule has 4 heterocycles. The van der Waals surface area contributed by atoms with Gasteiger partial charge in [-0.2, -0.15) is 5.26 Å². The quantitative estimate of drug-likeness (QED) is 0.462. The molecule has 0 aliphatic carbocycles. The number of fused-ring (bicyclic) bond motifs is 2. The van der Waals surface area contributed by atoms with Crippen molar-refractivity contribution in [1.82, 2.24) is 14.8 Å². The Hall–Kier alpha value is -4.09. The molecule has 2 fully saturated rings. The van der Waals surface area contributed by atoms with Crippen LogP contribution in [0.3, 0.4) is 0 Å². The summed E-state index contributed by atoms with van der Waals surface area (Å²) < 4.78 is 0. The van der Waals surface area contributed by atoms with Crippen molar-refractivity contribution in [2.24, 2.45) is 0 Å². The smallest absolute Gasteiger partial charge is 0.246 e. The Balaban J connectivity index is 1.40. The third-order valence-corrected chi connectivity index (χ3v) is 8.76. The van der Waals surface area contributed by atoms with Crippen LogP contribution in [0.25, 0.3) is 10.8 Å². The maximum Gasteiger partial charge on any atom is 0.246 e. The van der Waals surface area contributed by atoms with Crippen LogP contribution < -0.4 is 14.7 Å². The van der Waals surface area contributed by atoms with Gasteiger partial charge in [-0.05, 0) is 36.1 Å². The van der Waals surface area contributed by atoms with E-state index in [1.165, 1.54) is 28.1 Å². The van der Waals surface area contributed by atoms with Crippen molar-refractivity contribution in [3.05, 3.63) is 71.8 Å². The normalized spacial score (nSPS) is 18.0. The molecule has 2 saturated heterocycles. The van der Waals surface area contributed by atoms with E-state index in [4.69, 9.17) is 4.98 Å². The number of likely N-dealkylation sites (N-methyl/N-ethyl adjacent to an activating group) is 1. The molecule has 0 radical (unpaired) electrons. The molecule has 0 atom stereocenters. The Bertz CT molecular complexity index is 1460. The van der Waals surface area contributed by atoms with Crippen LogP contribution in [0.15, 0.2) is 55.1 Å². The van der Waals surface area contributed by atoms with Crippen LogP contribution in [0.5, 0.6) is 0 Å². The number of benzene rings is 2. The van der Waals surface area contributed by atoms with Gasteiger partial charge in [0.15, 0.2) is 0 Å². The molecule has 2 aromatic carbocycles. The summed E-state index contributed by atoms with van der Waals surface area (Å²) in [5.74, 6) is 1.79. The van der Waals surface area contributed by atoms with Crippen LogP contribution in [-0.2, 0) is 17.8 Å². The molecule has 0 unspecified atom stereocenters. The summed E-state index contributed by atoms with van der Waals surface area (Å²) in [6, 6.07) is 17.6. The van der Waals surface area contributed by atoms with Gasteiger partial charge in [-0.1, -0.05) is 49.9 Å². The van der Waals surface area contributed by atoms with E-state index >= 15 is 0 Å². The van der Waals surface area contributed by atoms with E-state index in [0.29, 0.717) is 25.2 Å². The molecule has 0 bridgehead atoms. The SMILES string of the molecule is C=CC(=O)N1CCN(c2nc(N3CCN(CC)CC3)c(C#N)c3c2CCN(c2cccc4ccccc24)C3)CC1. The lowest BCUT2D eigenvalue weighted by molar-refractivity contribution is -0.126. The van der Waals surface area contributed by atoms with Crippen molar-refractivity contribution >= 4 is 34.0 Å². The number of aromatic nitrogens is 1. The van der Waals surface area contributed by atoms with Gasteiger partial charge in [0, 0.05) is 82.1 Å². The minimum absolute atomic E-state index is 0.0188. The number of piperazine rings is 2. The van der Waals surface area contributed by atoms with E-state index in [9.17, 15) is 10.1 Å². The van der Waals surface area contributed by atoms with Crippen molar-refractivity contribution in [2.45, 2.75) is 19.9 Å². The first-order valence-corrected chi connectivity index (χ1v) is 14.4. The van der Waals surface area contributed by atoms with E-state index in [2.05, 4.69) is 81.6 Å². The van der Waals surface area contributed by atoms with Crippen molar-refractivity contribution in [3.8, 4) is 6.07 Å². The highest BCUT2D eigenvalue weighted by molar-refractivity contribution is 5.94. The molecule has 40 heavy (non-hydrogen) atoms. The first-order chi connectivity index (χ1) is 19.6. The maximum atomic E-state index is 12.2. The number of hydrogen-bond acceptors (Lipinski definition) is 7. The number of amides is 1. The van der Waals surface area contributed by atoms with Crippen LogP contribution in [-0.4, -0.2) is 86.1 Å². The highest BCUT2D eigenvalue weighted by atomic mass is 16.2. The van der Waals surface area contributed by atoms with Gasteiger partial charge in [-0.15, -0.1) is 0 Å². The number of carbonyl (C=O) groups is 1. The zero-order chi connectivity index (χ0) is 27.6. The molecular formula is C32H37N7O. The number of hydrogen-bond donors (Lipinski definition) is 0. The molecule has 1 amide bonds. The second-order valence-corrected chi connectivity index (χ2v) is 10.8. The number of nitrogens with zero attached hydrogens (tertiary/aromatic N) is 7. The van der Waals surface area contributed by atoms with E-state index in [0.717, 1.165) is 76.0 Å². The van der Waals surface area contributed by atoms with Crippen molar-refractivity contribution < 1.29 is 4.79 Å². The lowest BCUT2D eigenvalue weighted by Gasteiger charge is -2.41. The molecular weight excluding hydrogens is 498 g/mol. The van der Waals surface area contributed by atoms with Gasteiger partial charge in [0.05, 0.1) is 5.56 Å². The minimum atomic E-state index is -0.0188. The number of anilines is 3. The third kappa shape index (κ3) is 4.75. The third-order valence-electron chi connectivity index (χ3n) is 8.76. The van der Waals surface area contributed by atoms with Crippen LogP contribution in [0.4, 0.5) is 17.3 Å². The molecule has 206 valence electrons. The largest absolute Gasteiger partial charge is 0.366 e. The number of nitriles is 1. The summed E-state index contributed by atoms with van der Waals surface area (Å²) >= 11 is 0. The van der Waals surface area contributed by atoms with Crippen LogP contribution >= 0.6 is 0 Å². The lowest BCUT2D eigenvalue weighted by atomic mass is 9.94. The van der Waals surface area contributed by atoms with E-state index in [-0.39, 0.29) is 5.91 Å². The minimum Gasteiger partial charge on any atom is -0.366 e. The van der Waals surface area contributed by atoms with Gasteiger partial charge in [-0.25, -0.2) is 4.98 Å². The summed E-state index contributed by atoms with van der Waals surface area (Å²) in [7, 11) is 0. The number of rotatable bonds is 5. The first kappa shape index (κ1) is 26.1. The van der Waals surface area contributed by atoms with E-state index in [1.54, 1.807) is 0 Å². The molecule has 0 N–H and O–H groups in total. The zero-order valence-corrected chi connectivity index (χ0v) is 23.3. The van der Waals surface area contributed by atoms with Crippen molar-refractivity contribution in [2.75, 3.05) is 80.1 Å². The second-order valence-electron chi connectivity index (χ2n) is 10.8. The maximum absolute atomic E-state index is 12.2. The van der Waals surface area contributed by atoms with Gasteiger partial charge in [0.25, 0.3) is 0 Å². The van der Waals surface area contributed by atoms with Crippen LogP contribution in [0.2, 0.25) is 0 Å². The Kier molecular flexibility index (Phi) is 7.31. The molecule has 1 aromatic heterocycles. The summed E-state index contributed by atoms with van der Waals surface area (Å²) in [5.41, 5.74) is 4.21. The topological polar surface area (TPSA) is 70.0 Å². The second kappa shape index (κ2) is 11.2. The highest BCUT2D eigenvalue weighted by Gasteiger charge is 2.32. The van der Waals surface area contributed by atoms with Gasteiger partial charge in [0.2, 0.25) is 5.91 Å².